The van der Waals surface area contributed by atoms with Crippen LogP contribution in [0.3, 0.4) is 0 Å². The number of terminal acetylenes is 1. The molecule has 0 radical (unpaired) electrons. The zero-order chi connectivity index (χ0) is 22.2. The summed E-state index contributed by atoms with van der Waals surface area (Å²) in [5.41, 5.74) is 0.205. The van der Waals surface area contributed by atoms with E-state index >= 15 is 0 Å². The van der Waals surface area contributed by atoms with E-state index in [4.69, 9.17) is 6.42 Å². The molecule has 0 aliphatic carbocycles. The largest absolute Gasteiger partial charge is 0.120 e. The Balaban J connectivity index is 4.25. The van der Waals surface area contributed by atoms with Gasteiger partial charge in [-0.15, -0.1) is 6.42 Å². The third-order valence-corrected chi connectivity index (χ3v) is 7.08. The molecule has 0 N–H and O–H groups in total. The van der Waals surface area contributed by atoms with Gasteiger partial charge in [-0.2, -0.15) is 0 Å². The summed E-state index contributed by atoms with van der Waals surface area (Å²) >= 11 is 0. The number of rotatable bonds is 24. The second kappa shape index (κ2) is 23.2. The predicted octanol–water partition coefficient (Wildman–Crippen LogP) is 11.0. The first kappa shape index (κ1) is 29.6. The van der Waals surface area contributed by atoms with Gasteiger partial charge in [-0.1, -0.05) is 162 Å². The van der Waals surface area contributed by atoms with Gasteiger partial charge >= 0.3 is 0 Å². The molecular formula is C30H58. The van der Waals surface area contributed by atoms with Gasteiger partial charge in [0.15, 0.2) is 0 Å². The Morgan fingerprint density at radius 2 is 0.633 bits per heavy atom. The van der Waals surface area contributed by atoms with Crippen LogP contribution in [0.15, 0.2) is 0 Å². The van der Waals surface area contributed by atoms with E-state index < -0.39 is 0 Å². The summed E-state index contributed by atoms with van der Waals surface area (Å²) < 4.78 is 0. The standard InChI is InChI=1S/C30H58/c1-5-9-12-15-18-21-24-27-30(8-4,28-25-22-19-16-13-10-6-2)29-26-23-20-17-14-11-7-3/h4H,5-7,9-29H2,1-3H3. The molecule has 0 aliphatic heterocycles. The first-order chi connectivity index (χ1) is 14.7. The van der Waals surface area contributed by atoms with Crippen LogP contribution in [0, 0.1) is 17.8 Å². The van der Waals surface area contributed by atoms with Crippen molar-refractivity contribution in [1.29, 1.82) is 0 Å². The number of hydrogen-bond acceptors (Lipinski definition) is 0. The molecule has 0 aromatic carbocycles. The molecule has 0 rings (SSSR count). The Kier molecular flexibility index (Phi) is 22.9. The van der Waals surface area contributed by atoms with E-state index in [1.165, 1.54) is 154 Å². The molecule has 0 unspecified atom stereocenters. The fraction of sp³-hybridized carbons (Fsp3) is 0.933. The molecule has 0 aromatic heterocycles. The fourth-order valence-electron chi connectivity index (χ4n) is 4.85. The monoisotopic (exact) mass is 418 g/mol. The Labute approximate surface area is 192 Å². The third-order valence-electron chi connectivity index (χ3n) is 7.08. The summed E-state index contributed by atoms with van der Waals surface area (Å²) in [6, 6.07) is 0. The molecule has 178 valence electrons. The highest BCUT2D eigenvalue weighted by Crippen LogP contribution is 2.37. The van der Waals surface area contributed by atoms with Crippen LogP contribution < -0.4 is 0 Å². The van der Waals surface area contributed by atoms with Crippen molar-refractivity contribution >= 4 is 0 Å². The molecule has 30 heavy (non-hydrogen) atoms. The van der Waals surface area contributed by atoms with E-state index in [9.17, 15) is 0 Å². The van der Waals surface area contributed by atoms with Crippen LogP contribution >= 0.6 is 0 Å². The van der Waals surface area contributed by atoms with Crippen molar-refractivity contribution in [3.05, 3.63) is 0 Å². The summed E-state index contributed by atoms with van der Waals surface area (Å²) in [5, 5.41) is 0. The molecule has 0 saturated heterocycles. The van der Waals surface area contributed by atoms with Crippen LogP contribution in [-0.2, 0) is 0 Å². The van der Waals surface area contributed by atoms with Crippen molar-refractivity contribution in [2.45, 2.75) is 175 Å². The van der Waals surface area contributed by atoms with Gasteiger partial charge in [0, 0.05) is 5.41 Å². The topological polar surface area (TPSA) is 0 Å². The summed E-state index contributed by atoms with van der Waals surface area (Å²) in [6.07, 6.45) is 39.3. The molecule has 0 bridgehead atoms. The van der Waals surface area contributed by atoms with E-state index in [1.54, 1.807) is 0 Å². The van der Waals surface area contributed by atoms with Crippen LogP contribution in [0.25, 0.3) is 0 Å². The summed E-state index contributed by atoms with van der Waals surface area (Å²) in [5.74, 6) is 3.35. The number of unbranched alkanes of at least 4 members (excludes halogenated alkanes) is 18. The Hall–Kier alpha value is -0.440. The normalized spacial score (nSPS) is 11.7. The Bertz CT molecular complexity index is 315. The molecular weight excluding hydrogens is 360 g/mol. The maximum Gasteiger partial charge on any atom is 0.0312 e. The zero-order valence-corrected chi connectivity index (χ0v) is 21.5. The first-order valence-electron chi connectivity index (χ1n) is 14.2. The molecule has 0 atom stereocenters. The van der Waals surface area contributed by atoms with Crippen LogP contribution in [0.4, 0.5) is 0 Å². The van der Waals surface area contributed by atoms with E-state index in [1.807, 2.05) is 0 Å². The third kappa shape index (κ3) is 18.3. The Morgan fingerprint density at radius 1 is 0.400 bits per heavy atom. The van der Waals surface area contributed by atoms with Crippen LogP contribution in [-0.4, -0.2) is 0 Å². The van der Waals surface area contributed by atoms with Crippen molar-refractivity contribution in [3.63, 3.8) is 0 Å². The van der Waals surface area contributed by atoms with Gasteiger partial charge in [0.2, 0.25) is 0 Å². The maximum atomic E-state index is 6.20. The molecule has 0 heteroatoms. The second-order valence-corrected chi connectivity index (χ2v) is 10.0. The molecule has 0 nitrogen and oxygen atoms in total. The molecule has 0 heterocycles. The lowest BCUT2D eigenvalue weighted by Gasteiger charge is -2.29. The minimum atomic E-state index is 0.205. The predicted molar refractivity (Wildman–Crippen MR) is 139 cm³/mol. The van der Waals surface area contributed by atoms with Crippen molar-refractivity contribution in [3.8, 4) is 12.3 Å². The smallest absolute Gasteiger partial charge is 0.0312 e. The van der Waals surface area contributed by atoms with Gasteiger partial charge in [0.25, 0.3) is 0 Å². The van der Waals surface area contributed by atoms with E-state index in [0.29, 0.717) is 0 Å². The average molecular weight is 419 g/mol. The zero-order valence-electron chi connectivity index (χ0n) is 21.5. The molecule has 0 aliphatic rings. The van der Waals surface area contributed by atoms with Gasteiger partial charge in [0.05, 0.1) is 0 Å². The SMILES string of the molecule is C#CC(CCCCCCCCC)(CCCCCCCCC)CCCCCCCCC. The highest BCUT2D eigenvalue weighted by atomic mass is 14.3. The van der Waals surface area contributed by atoms with Crippen LogP contribution in [0.2, 0.25) is 0 Å². The van der Waals surface area contributed by atoms with Crippen LogP contribution in [0.1, 0.15) is 175 Å². The van der Waals surface area contributed by atoms with Gasteiger partial charge in [-0.3, -0.25) is 0 Å². The lowest BCUT2D eigenvalue weighted by atomic mass is 9.74. The summed E-state index contributed by atoms with van der Waals surface area (Å²) in [6.45, 7) is 6.90. The maximum absolute atomic E-state index is 6.20. The molecule has 0 amide bonds. The minimum Gasteiger partial charge on any atom is -0.120 e. The van der Waals surface area contributed by atoms with Crippen molar-refractivity contribution in [2.24, 2.45) is 5.41 Å². The van der Waals surface area contributed by atoms with Gasteiger partial charge in [-0.25, -0.2) is 0 Å². The summed E-state index contributed by atoms with van der Waals surface area (Å²) in [7, 11) is 0. The van der Waals surface area contributed by atoms with Crippen molar-refractivity contribution in [2.75, 3.05) is 0 Å². The highest BCUT2D eigenvalue weighted by Gasteiger charge is 2.26. The lowest BCUT2D eigenvalue weighted by molar-refractivity contribution is 0.278. The van der Waals surface area contributed by atoms with Gasteiger partial charge in [0.1, 0.15) is 0 Å². The molecule has 0 fully saturated rings. The second-order valence-electron chi connectivity index (χ2n) is 10.0. The van der Waals surface area contributed by atoms with E-state index in [0.717, 1.165) is 0 Å². The molecule has 0 aromatic rings. The quantitative estimate of drug-likeness (QED) is 0.108. The van der Waals surface area contributed by atoms with Crippen molar-refractivity contribution < 1.29 is 0 Å². The van der Waals surface area contributed by atoms with Crippen LogP contribution in [0.5, 0.6) is 0 Å². The first-order valence-corrected chi connectivity index (χ1v) is 14.2. The van der Waals surface area contributed by atoms with Gasteiger partial charge < -0.3 is 0 Å². The molecule has 0 saturated carbocycles. The average Bonchev–Trinajstić information content (AvgIpc) is 2.76. The molecule has 0 spiro atoms. The minimum absolute atomic E-state index is 0.205. The Morgan fingerprint density at radius 3 is 0.867 bits per heavy atom. The fourth-order valence-corrected chi connectivity index (χ4v) is 4.85. The van der Waals surface area contributed by atoms with Gasteiger partial charge in [-0.05, 0) is 19.3 Å². The number of hydrogen-bond donors (Lipinski definition) is 0. The van der Waals surface area contributed by atoms with E-state index in [-0.39, 0.29) is 5.41 Å². The van der Waals surface area contributed by atoms with E-state index in [2.05, 4.69) is 26.7 Å². The summed E-state index contributed by atoms with van der Waals surface area (Å²) in [4.78, 5) is 0. The lowest BCUT2D eigenvalue weighted by Crippen LogP contribution is -2.19. The van der Waals surface area contributed by atoms with Crippen molar-refractivity contribution in [1.82, 2.24) is 0 Å². The highest BCUT2D eigenvalue weighted by molar-refractivity contribution is 5.05.